The Morgan fingerprint density at radius 2 is 1.90 bits per heavy atom. The van der Waals surface area contributed by atoms with E-state index in [-0.39, 0.29) is 6.03 Å². The fraction of sp³-hybridized carbons (Fsp3) is 0.235. The van der Waals surface area contributed by atoms with E-state index in [9.17, 15) is 9.90 Å². The molecule has 2 amide bonds. The molecule has 2 aromatic carbocycles. The van der Waals surface area contributed by atoms with E-state index >= 15 is 0 Å². The Balaban J connectivity index is 1.74. The molecule has 0 aromatic heterocycles. The van der Waals surface area contributed by atoms with Crippen molar-refractivity contribution >= 4 is 11.7 Å². The molecule has 4 nitrogen and oxygen atoms in total. The van der Waals surface area contributed by atoms with Gasteiger partial charge in [-0.25, -0.2) is 4.79 Å². The van der Waals surface area contributed by atoms with Crippen molar-refractivity contribution in [3.63, 3.8) is 0 Å². The van der Waals surface area contributed by atoms with Gasteiger partial charge in [0.25, 0.3) is 0 Å². The molecule has 0 aliphatic rings. The molecule has 2 aromatic rings. The number of hydrogen-bond donors (Lipinski definition) is 3. The smallest absolute Gasteiger partial charge is 0.319 e. The summed E-state index contributed by atoms with van der Waals surface area (Å²) in [4.78, 5) is 11.7. The minimum Gasteiger partial charge on any atom is -0.388 e. The van der Waals surface area contributed by atoms with Crippen molar-refractivity contribution < 1.29 is 9.90 Å². The van der Waals surface area contributed by atoms with Crippen molar-refractivity contribution in [3.8, 4) is 0 Å². The molecule has 0 spiro atoms. The maximum Gasteiger partial charge on any atom is 0.319 e. The predicted octanol–water partition coefficient (Wildman–Crippen LogP) is 3.24. The first-order chi connectivity index (χ1) is 10.1. The van der Waals surface area contributed by atoms with Gasteiger partial charge in [0.05, 0.1) is 6.10 Å². The monoisotopic (exact) mass is 284 g/mol. The van der Waals surface area contributed by atoms with Gasteiger partial charge in [-0.2, -0.15) is 0 Å². The molecule has 0 saturated carbocycles. The maximum atomic E-state index is 11.7. The van der Waals surface area contributed by atoms with Gasteiger partial charge in [0.15, 0.2) is 0 Å². The van der Waals surface area contributed by atoms with Gasteiger partial charge in [0.1, 0.15) is 0 Å². The lowest BCUT2D eigenvalue weighted by Gasteiger charge is -2.12. The van der Waals surface area contributed by atoms with E-state index in [0.717, 1.165) is 16.8 Å². The fourth-order valence-corrected chi connectivity index (χ4v) is 2.06. The Hall–Kier alpha value is -2.33. The SMILES string of the molecule is Cc1cccc(NC(=O)NCC[C@@H](O)c2ccccc2)c1. The van der Waals surface area contributed by atoms with Crippen LogP contribution >= 0.6 is 0 Å². The van der Waals surface area contributed by atoms with E-state index in [2.05, 4.69) is 10.6 Å². The molecule has 0 fully saturated rings. The van der Waals surface area contributed by atoms with Crippen molar-refractivity contribution in [2.45, 2.75) is 19.4 Å². The standard InChI is InChI=1S/C17H20N2O2/c1-13-6-5-9-15(12-13)19-17(21)18-11-10-16(20)14-7-3-2-4-8-14/h2-9,12,16,20H,10-11H2,1H3,(H2,18,19,21)/t16-/m1/s1. The summed E-state index contributed by atoms with van der Waals surface area (Å²) in [6.45, 7) is 2.38. The van der Waals surface area contributed by atoms with Crippen molar-refractivity contribution in [2.75, 3.05) is 11.9 Å². The number of rotatable bonds is 5. The lowest BCUT2D eigenvalue weighted by atomic mass is 10.1. The summed E-state index contributed by atoms with van der Waals surface area (Å²) in [5, 5.41) is 15.5. The number of amides is 2. The van der Waals surface area contributed by atoms with E-state index in [4.69, 9.17) is 0 Å². The Kier molecular flexibility index (Phi) is 5.35. The second-order valence-electron chi connectivity index (χ2n) is 4.97. The highest BCUT2D eigenvalue weighted by Gasteiger charge is 2.07. The van der Waals surface area contributed by atoms with Crippen LogP contribution in [0.1, 0.15) is 23.7 Å². The van der Waals surface area contributed by atoms with Gasteiger partial charge >= 0.3 is 6.03 Å². The number of anilines is 1. The van der Waals surface area contributed by atoms with Crippen molar-refractivity contribution in [1.82, 2.24) is 5.32 Å². The van der Waals surface area contributed by atoms with Crippen molar-refractivity contribution in [3.05, 3.63) is 65.7 Å². The summed E-state index contributed by atoms with van der Waals surface area (Å²) in [5.41, 5.74) is 2.71. The second-order valence-corrected chi connectivity index (χ2v) is 4.97. The van der Waals surface area contributed by atoms with Gasteiger partial charge in [0.2, 0.25) is 0 Å². The van der Waals surface area contributed by atoms with Crippen LogP contribution in [0.4, 0.5) is 10.5 Å². The highest BCUT2D eigenvalue weighted by Crippen LogP contribution is 2.15. The van der Waals surface area contributed by atoms with Crippen LogP contribution in [0.15, 0.2) is 54.6 Å². The van der Waals surface area contributed by atoms with Crippen LogP contribution in [0.2, 0.25) is 0 Å². The fourth-order valence-electron chi connectivity index (χ4n) is 2.06. The highest BCUT2D eigenvalue weighted by molar-refractivity contribution is 5.89. The molecular formula is C17H20N2O2. The first-order valence-electron chi connectivity index (χ1n) is 6.99. The van der Waals surface area contributed by atoms with Crippen molar-refractivity contribution in [2.24, 2.45) is 0 Å². The molecule has 0 saturated heterocycles. The summed E-state index contributed by atoms with van der Waals surface area (Å²) >= 11 is 0. The van der Waals surface area contributed by atoms with Crippen LogP contribution in [-0.2, 0) is 0 Å². The van der Waals surface area contributed by atoms with E-state index in [1.54, 1.807) is 0 Å². The van der Waals surface area contributed by atoms with Gasteiger partial charge in [-0.15, -0.1) is 0 Å². The average molecular weight is 284 g/mol. The van der Waals surface area contributed by atoms with E-state index < -0.39 is 6.10 Å². The quantitative estimate of drug-likeness (QED) is 0.789. The lowest BCUT2D eigenvalue weighted by molar-refractivity contribution is 0.167. The number of carbonyl (C=O) groups excluding carboxylic acids is 1. The summed E-state index contributed by atoms with van der Waals surface area (Å²) in [5.74, 6) is 0. The van der Waals surface area contributed by atoms with Crippen molar-refractivity contribution in [1.29, 1.82) is 0 Å². The third-order valence-corrected chi connectivity index (χ3v) is 3.16. The molecule has 1 atom stereocenters. The van der Waals surface area contributed by atoms with Gasteiger partial charge < -0.3 is 15.7 Å². The zero-order valence-corrected chi connectivity index (χ0v) is 12.0. The van der Waals surface area contributed by atoms with E-state index in [1.165, 1.54) is 0 Å². The first-order valence-corrected chi connectivity index (χ1v) is 6.99. The number of nitrogens with one attached hydrogen (secondary N) is 2. The molecule has 0 heterocycles. The summed E-state index contributed by atoms with van der Waals surface area (Å²) in [7, 11) is 0. The van der Waals surface area contributed by atoms with Crippen LogP contribution in [0, 0.1) is 6.92 Å². The van der Waals surface area contributed by atoms with Crippen LogP contribution in [-0.4, -0.2) is 17.7 Å². The number of benzene rings is 2. The molecule has 3 N–H and O–H groups in total. The molecule has 2 rings (SSSR count). The normalized spacial score (nSPS) is 11.7. The number of carbonyl (C=O) groups is 1. The minimum absolute atomic E-state index is 0.263. The zero-order valence-electron chi connectivity index (χ0n) is 12.0. The number of aliphatic hydroxyl groups is 1. The number of hydrogen-bond acceptors (Lipinski definition) is 2. The largest absolute Gasteiger partial charge is 0.388 e. The molecular weight excluding hydrogens is 264 g/mol. The number of urea groups is 1. The molecule has 4 heteroatoms. The molecule has 0 aliphatic heterocycles. The molecule has 0 aliphatic carbocycles. The first kappa shape index (κ1) is 15.1. The second kappa shape index (κ2) is 7.45. The van der Waals surface area contributed by atoms with Gasteiger partial charge in [-0.1, -0.05) is 42.5 Å². The summed E-state index contributed by atoms with van der Waals surface area (Å²) in [6, 6.07) is 16.8. The number of aliphatic hydroxyl groups excluding tert-OH is 1. The third kappa shape index (κ3) is 4.93. The topological polar surface area (TPSA) is 61.4 Å². The molecule has 0 bridgehead atoms. The van der Waals surface area contributed by atoms with Crippen LogP contribution in [0.3, 0.4) is 0 Å². The predicted molar refractivity (Wildman–Crippen MR) is 84.2 cm³/mol. The number of aryl methyl sites for hydroxylation is 1. The minimum atomic E-state index is -0.564. The Morgan fingerprint density at radius 1 is 1.14 bits per heavy atom. The third-order valence-electron chi connectivity index (χ3n) is 3.16. The van der Waals surface area contributed by atoms with E-state index in [1.807, 2.05) is 61.5 Å². The highest BCUT2D eigenvalue weighted by atomic mass is 16.3. The molecule has 110 valence electrons. The van der Waals surface area contributed by atoms with Gasteiger partial charge in [0, 0.05) is 12.2 Å². The Bertz CT molecular complexity index is 584. The average Bonchev–Trinajstić information content (AvgIpc) is 2.48. The molecule has 0 radical (unpaired) electrons. The van der Waals surface area contributed by atoms with Gasteiger partial charge in [-0.05, 0) is 36.6 Å². The molecule has 21 heavy (non-hydrogen) atoms. The summed E-state index contributed by atoms with van der Waals surface area (Å²) in [6.07, 6.45) is -0.0869. The Labute approximate surface area is 124 Å². The molecule has 0 unspecified atom stereocenters. The summed E-state index contributed by atoms with van der Waals surface area (Å²) < 4.78 is 0. The van der Waals surface area contributed by atoms with Gasteiger partial charge in [-0.3, -0.25) is 0 Å². The van der Waals surface area contributed by atoms with Crippen LogP contribution in [0.5, 0.6) is 0 Å². The van der Waals surface area contributed by atoms with Crippen LogP contribution in [0.25, 0.3) is 0 Å². The Morgan fingerprint density at radius 3 is 2.62 bits per heavy atom. The maximum absolute atomic E-state index is 11.7. The van der Waals surface area contributed by atoms with E-state index in [0.29, 0.717) is 13.0 Å². The van der Waals surface area contributed by atoms with Crippen LogP contribution < -0.4 is 10.6 Å². The lowest BCUT2D eigenvalue weighted by Crippen LogP contribution is -2.30. The zero-order chi connectivity index (χ0) is 15.1.